The Kier molecular flexibility index (Phi) is 4.49. The first-order valence-corrected chi connectivity index (χ1v) is 7.84. The molecule has 0 spiro atoms. The number of rotatable bonds is 4. The van der Waals surface area contributed by atoms with Crippen molar-refractivity contribution in [3.05, 3.63) is 41.4 Å². The predicted molar refractivity (Wildman–Crippen MR) is 74.0 cm³/mol. The number of hydrogen-bond acceptors (Lipinski definition) is 7. The maximum absolute atomic E-state index is 12.0. The molecule has 0 saturated carbocycles. The van der Waals surface area contributed by atoms with Crippen LogP contribution in [0, 0.1) is 0 Å². The normalized spacial score (nSPS) is 11.1. The van der Waals surface area contributed by atoms with Crippen molar-refractivity contribution in [3.63, 3.8) is 0 Å². The first kappa shape index (κ1) is 15.3. The number of aromatic nitrogens is 3. The second-order valence-corrected chi connectivity index (χ2v) is 6.41. The van der Waals surface area contributed by atoms with Crippen LogP contribution in [-0.2, 0) is 9.84 Å². The molecule has 0 saturated heterocycles. The number of esters is 1. The van der Waals surface area contributed by atoms with E-state index in [9.17, 15) is 13.2 Å². The molecule has 2 aromatic heterocycles. The Morgan fingerprint density at radius 1 is 1.38 bits per heavy atom. The summed E-state index contributed by atoms with van der Waals surface area (Å²) in [5.41, 5.74) is -0.317. The lowest BCUT2D eigenvalue weighted by molar-refractivity contribution is 0.0727. The summed E-state index contributed by atoms with van der Waals surface area (Å²) < 4.78 is 28.4. The summed E-state index contributed by atoms with van der Waals surface area (Å²) >= 11 is 5.81. The summed E-state index contributed by atoms with van der Waals surface area (Å²) in [7, 11) is -3.64. The highest BCUT2D eigenvalue weighted by Crippen LogP contribution is 2.17. The molecule has 2 heterocycles. The van der Waals surface area contributed by atoms with Gasteiger partial charge in [-0.3, -0.25) is 4.98 Å². The molecule has 0 aromatic carbocycles. The van der Waals surface area contributed by atoms with Crippen molar-refractivity contribution in [1.29, 1.82) is 0 Å². The van der Waals surface area contributed by atoms with Gasteiger partial charge in [0.05, 0.1) is 23.2 Å². The number of sulfone groups is 1. The van der Waals surface area contributed by atoms with Crippen LogP contribution in [0.1, 0.15) is 17.4 Å². The van der Waals surface area contributed by atoms with Crippen molar-refractivity contribution >= 4 is 27.4 Å². The van der Waals surface area contributed by atoms with Crippen molar-refractivity contribution in [1.82, 2.24) is 15.0 Å². The Balaban J connectivity index is 2.35. The van der Waals surface area contributed by atoms with Gasteiger partial charge in [0.2, 0.25) is 15.0 Å². The van der Waals surface area contributed by atoms with Gasteiger partial charge in [-0.15, -0.1) is 0 Å². The Bertz CT molecular complexity index is 765. The van der Waals surface area contributed by atoms with Crippen LogP contribution in [0.15, 0.2) is 35.9 Å². The first-order chi connectivity index (χ1) is 9.94. The van der Waals surface area contributed by atoms with Gasteiger partial charge in [0.25, 0.3) is 0 Å². The molecule has 0 unspecified atom stereocenters. The van der Waals surface area contributed by atoms with Crippen LogP contribution in [0.3, 0.4) is 0 Å². The van der Waals surface area contributed by atoms with E-state index in [4.69, 9.17) is 16.3 Å². The minimum atomic E-state index is -3.64. The summed E-state index contributed by atoms with van der Waals surface area (Å²) in [5.74, 6) is -0.883. The molecule has 0 aliphatic rings. The third-order valence-electron chi connectivity index (χ3n) is 2.42. The highest BCUT2D eigenvalue weighted by Gasteiger charge is 2.22. The quantitative estimate of drug-likeness (QED) is 0.620. The number of carbonyl (C=O) groups excluding carboxylic acids is 1. The van der Waals surface area contributed by atoms with Gasteiger partial charge in [-0.25, -0.2) is 23.2 Å². The van der Waals surface area contributed by atoms with Crippen molar-refractivity contribution in [2.45, 2.75) is 12.1 Å². The van der Waals surface area contributed by atoms with E-state index in [0.717, 1.165) is 6.20 Å². The fraction of sp³-hybridized carbons (Fsp3) is 0.167. The molecule has 9 heteroatoms. The number of carbonyl (C=O) groups is 1. The lowest BCUT2D eigenvalue weighted by Gasteiger charge is -2.06. The zero-order chi connectivity index (χ0) is 15.5. The van der Waals surface area contributed by atoms with Crippen LogP contribution in [0.2, 0.25) is 5.02 Å². The molecule has 2 aromatic rings. The summed E-state index contributed by atoms with van der Waals surface area (Å²) in [6, 6.07) is 3.10. The van der Waals surface area contributed by atoms with E-state index in [1.807, 2.05) is 0 Å². The van der Waals surface area contributed by atoms with E-state index in [1.165, 1.54) is 25.4 Å². The second-order valence-electron chi connectivity index (χ2n) is 3.83. The molecule has 0 aliphatic heterocycles. The molecule has 0 bridgehead atoms. The van der Waals surface area contributed by atoms with Gasteiger partial charge < -0.3 is 4.74 Å². The molecule has 0 N–H and O–H groups in total. The van der Waals surface area contributed by atoms with Crippen LogP contribution in [-0.4, -0.2) is 35.1 Å². The van der Waals surface area contributed by atoms with Crippen LogP contribution < -0.4 is 4.74 Å². The molecular weight excluding hydrogens is 318 g/mol. The molecule has 0 atom stereocenters. The van der Waals surface area contributed by atoms with Crippen molar-refractivity contribution < 1.29 is 17.9 Å². The molecule has 0 fully saturated rings. The summed E-state index contributed by atoms with van der Waals surface area (Å²) in [4.78, 5) is 23.1. The molecule has 21 heavy (non-hydrogen) atoms. The molecule has 0 amide bonds. The topological polar surface area (TPSA) is 99.1 Å². The maximum Gasteiger partial charge on any atom is 0.364 e. The zero-order valence-electron chi connectivity index (χ0n) is 10.9. The number of ether oxygens (including phenoxy) is 1. The minimum absolute atomic E-state index is 0.0982. The number of halogens is 1. The molecule has 0 radical (unpaired) electrons. The monoisotopic (exact) mass is 327 g/mol. The zero-order valence-corrected chi connectivity index (χ0v) is 12.4. The van der Waals surface area contributed by atoms with E-state index >= 15 is 0 Å². The van der Waals surface area contributed by atoms with E-state index in [2.05, 4.69) is 15.0 Å². The largest absolute Gasteiger partial charge is 0.420 e. The van der Waals surface area contributed by atoms with E-state index in [-0.39, 0.29) is 22.2 Å². The average Bonchev–Trinajstić information content (AvgIpc) is 2.48. The summed E-state index contributed by atoms with van der Waals surface area (Å²) in [6.07, 6.45) is 3.90. The van der Waals surface area contributed by atoms with Gasteiger partial charge in [-0.1, -0.05) is 18.5 Å². The van der Waals surface area contributed by atoms with Gasteiger partial charge in [-0.05, 0) is 12.1 Å². The standard InChI is InChI=1S/C12H10ClN3O4S/c1-2-21(18,19)12-15-7-9(13)10(16-12)11(17)20-8-4-3-5-14-6-8/h3-7H,2H2,1H3. The fourth-order valence-electron chi connectivity index (χ4n) is 1.34. The van der Waals surface area contributed by atoms with Crippen molar-refractivity contribution in [2.24, 2.45) is 0 Å². The van der Waals surface area contributed by atoms with E-state index in [0.29, 0.717) is 0 Å². The van der Waals surface area contributed by atoms with Crippen molar-refractivity contribution in [2.75, 3.05) is 5.75 Å². The van der Waals surface area contributed by atoms with Gasteiger partial charge in [0.1, 0.15) is 5.75 Å². The van der Waals surface area contributed by atoms with Crippen LogP contribution in [0.5, 0.6) is 5.75 Å². The third kappa shape index (κ3) is 3.53. The predicted octanol–water partition coefficient (Wildman–Crippen LogP) is 1.54. The highest BCUT2D eigenvalue weighted by molar-refractivity contribution is 7.91. The summed E-state index contributed by atoms with van der Waals surface area (Å²) in [6.45, 7) is 1.45. The summed E-state index contributed by atoms with van der Waals surface area (Å²) in [5, 5.41) is -0.563. The molecule has 110 valence electrons. The lowest BCUT2D eigenvalue weighted by Crippen LogP contribution is -2.16. The van der Waals surface area contributed by atoms with Gasteiger partial charge in [-0.2, -0.15) is 0 Å². The second kappa shape index (κ2) is 6.15. The fourth-order valence-corrected chi connectivity index (χ4v) is 2.21. The molecule has 7 nitrogen and oxygen atoms in total. The molecule has 0 aliphatic carbocycles. The van der Waals surface area contributed by atoms with Gasteiger partial charge in [0, 0.05) is 6.20 Å². The Morgan fingerprint density at radius 2 is 2.14 bits per heavy atom. The molecular formula is C12H10ClN3O4S. The SMILES string of the molecule is CCS(=O)(=O)c1ncc(Cl)c(C(=O)Oc2cccnc2)n1. The number of pyridine rings is 1. The Hall–Kier alpha value is -2.06. The smallest absolute Gasteiger partial charge is 0.364 e. The number of hydrogen-bond donors (Lipinski definition) is 0. The molecule has 2 rings (SSSR count). The first-order valence-electron chi connectivity index (χ1n) is 5.81. The van der Waals surface area contributed by atoms with Gasteiger partial charge in [0.15, 0.2) is 5.69 Å². The third-order valence-corrected chi connectivity index (χ3v) is 4.21. The maximum atomic E-state index is 12.0. The van der Waals surface area contributed by atoms with Crippen LogP contribution in [0.4, 0.5) is 0 Å². The van der Waals surface area contributed by atoms with Crippen LogP contribution in [0.25, 0.3) is 0 Å². The van der Waals surface area contributed by atoms with Crippen molar-refractivity contribution in [3.8, 4) is 5.75 Å². The van der Waals surface area contributed by atoms with Gasteiger partial charge >= 0.3 is 5.97 Å². The van der Waals surface area contributed by atoms with E-state index in [1.54, 1.807) is 6.07 Å². The Labute approximate surface area is 125 Å². The van der Waals surface area contributed by atoms with Crippen LogP contribution >= 0.6 is 11.6 Å². The minimum Gasteiger partial charge on any atom is -0.420 e. The number of nitrogens with zero attached hydrogens (tertiary/aromatic N) is 3. The van der Waals surface area contributed by atoms with E-state index < -0.39 is 21.0 Å². The lowest BCUT2D eigenvalue weighted by atomic mass is 10.4. The average molecular weight is 328 g/mol. The highest BCUT2D eigenvalue weighted by atomic mass is 35.5. The Morgan fingerprint density at radius 3 is 2.76 bits per heavy atom.